The highest BCUT2D eigenvalue weighted by Crippen LogP contribution is 2.26. The van der Waals surface area contributed by atoms with E-state index in [1.807, 2.05) is 55.8 Å². The number of hydrogen-bond acceptors (Lipinski definition) is 4. The third kappa shape index (κ3) is 4.58. The Hall–Kier alpha value is -3.02. The number of hydrogen-bond donors (Lipinski definition) is 2. The number of amides is 1. The van der Waals surface area contributed by atoms with Gasteiger partial charge in [-0.1, -0.05) is 19.9 Å². The van der Waals surface area contributed by atoms with E-state index in [0.717, 1.165) is 42.0 Å². The summed E-state index contributed by atoms with van der Waals surface area (Å²) < 4.78 is 2.03. The molecule has 2 N–H and O–H groups in total. The molecule has 0 radical (unpaired) electrons. The summed E-state index contributed by atoms with van der Waals surface area (Å²) in [6.07, 6.45) is 5.79. The molecule has 1 saturated heterocycles. The van der Waals surface area contributed by atoms with E-state index in [4.69, 9.17) is 0 Å². The van der Waals surface area contributed by atoms with E-state index in [1.54, 1.807) is 7.05 Å². The molecule has 3 aromatic rings. The monoisotopic (exact) mass is 407 g/mol. The van der Waals surface area contributed by atoms with Crippen LogP contribution in [0.1, 0.15) is 50.5 Å². The fourth-order valence-electron chi connectivity index (χ4n) is 3.94. The zero-order chi connectivity index (χ0) is 21.5. The number of piperidine rings is 1. The Kier molecular flexibility index (Phi) is 7.33. The molecule has 6 heteroatoms. The Bertz CT molecular complexity index is 971. The second-order valence-electron chi connectivity index (χ2n) is 7.20. The summed E-state index contributed by atoms with van der Waals surface area (Å²) in [5.41, 5.74) is 3.87. The molecular formula is C24H33N5O. The summed E-state index contributed by atoms with van der Waals surface area (Å²) in [6, 6.07) is 12.2. The molecule has 1 aromatic carbocycles. The molecule has 6 nitrogen and oxygen atoms in total. The molecule has 1 aliphatic heterocycles. The lowest BCUT2D eigenvalue weighted by atomic mass is 10.1. The number of aromatic nitrogens is 2. The molecular weight excluding hydrogens is 374 g/mol. The number of carbonyl (C=O) groups excluding carboxylic acids is 1. The fourth-order valence-corrected chi connectivity index (χ4v) is 3.94. The van der Waals surface area contributed by atoms with Crippen LogP contribution in [0.25, 0.3) is 10.9 Å². The minimum Gasteiger partial charge on any atom is -0.370 e. The van der Waals surface area contributed by atoms with Crippen molar-refractivity contribution in [2.24, 2.45) is 0 Å². The molecule has 0 bridgehead atoms. The zero-order valence-electron chi connectivity index (χ0n) is 18.5. The van der Waals surface area contributed by atoms with E-state index in [0.29, 0.717) is 5.69 Å². The number of benzene rings is 1. The average molecular weight is 408 g/mol. The molecule has 0 saturated carbocycles. The van der Waals surface area contributed by atoms with Gasteiger partial charge in [0.15, 0.2) is 0 Å². The van der Waals surface area contributed by atoms with E-state index in [9.17, 15) is 4.79 Å². The van der Waals surface area contributed by atoms with Crippen molar-refractivity contribution in [3.05, 3.63) is 48.3 Å². The van der Waals surface area contributed by atoms with Crippen molar-refractivity contribution in [1.29, 1.82) is 0 Å². The normalized spacial score (nSPS) is 13.5. The Morgan fingerprint density at radius 1 is 1.07 bits per heavy atom. The highest BCUT2D eigenvalue weighted by Gasteiger charge is 2.14. The summed E-state index contributed by atoms with van der Waals surface area (Å²) >= 11 is 0. The number of carbonyl (C=O) groups is 1. The molecule has 0 atom stereocenters. The van der Waals surface area contributed by atoms with Gasteiger partial charge >= 0.3 is 0 Å². The van der Waals surface area contributed by atoms with Crippen molar-refractivity contribution < 1.29 is 4.79 Å². The first-order valence-electron chi connectivity index (χ1n) is 11.0. The van der Waals surface area contributed by atoms with Crippen LogP contribution in [0.4, 0.5) is 17.2 Å². The lowest BCUT2D eigenvalue weighted by Crippen LogP contribution is -2.29. The standard InChI is InChI=1S/C22H27N5O.C2H6/c1-3-27-19-14-17(8-7-16(19)13-20(27)22(28)23-2)25-21-10-9-18(15-24-21)26-11-5-4-6-12-26;1-2/h7-10,13-15H,3-6,11-12H2,1-2H3,(H,23,28)(H,24,25);1-2H3. The number of anilines is 3. The van der Waals surface area contributed by atoms with Crippen molar-refractivity contribution in [1.82, 2.24) is 14.9 Å². The molecule has 2 aromatic heterocycles. The Labute approximate surface area is 179 Å². The third-order valence-electron chi connectivity index (χ3n) is 5.42. The first-order valence-corrected chi connectivity index (χ1v) is 11.0. The van der Waals surface area contributed by atoms with Gasteiger partial charge in [0.1, 0.15) is 11.5 Å². The van der Waals surface area contributed by atoms with Gasteiger partial charge in [-0.15, -0.1) is 0 Å². The molecule has 30 heavy (non-hydrogen) atoms. The van der Waals surface area contributed by atoms with Gasteiger partial charge in [-0.05, 0) is 56.5 Å². The Morgan fingerprint density at radius 3 is 2.47 bits per heavy atom. The number of rotatable bonds is 5. The topological polar surface area (TPSA) is 62.2 Å². The maximum Gasteiger partial charge on any atom is 0.267 e. The summed E-state index contributed by atoms with van der Waals surface area (Å²) in [5.74, 6) is 0.753. The van der Waals surface area contributed by atoms with Crippen molar-refractivity contribution >= 4 is 34.0 Å². The largest absolute Gasteiger partial charge is 0.370 e. The van der Waals surface area contributed by atoms with Crippen molar-refractivity contribution in [3.63, 3.8) is 0 Å². The van der Waals surface area contributed by atoms with Crippen LogP contribution in [0.15, 0.2) is 42.6 Å². The molecule has 0 aliphatic carbocycles. The molecule has 0 spiro atoms. The number of pyridine rings is 1. The summed E-state index contributed by atoms with van der Waals surface area (Å²) in [6.45, 7) is 9.02. The van der Waals surface area contributed by atoms with E-state index < -0.39 is 0 Å². The van der Waals surface area contributed by atoms with Gasteiger partial charge in [-0.25, -0.2) is 4.98 Å². The number of nitrogens with zero attached hydrogens (tertiary/aromatic N) is 3. The SMILES string of the molecule is CC.CCn1c(C(=O)NC)cc2ccc(Nc3ccc(N4CCCCC4)cn3)cc21. The first-order chi connectivity index (χ1) is 14.7. The lowest BCUT2D eigenvalue weighted by molar-refractivity contribution is 0.0954. The van der Waals surface area contributed by atoms with Crippen LogP contribution in [0, 0.1) is 0 Å². The van der Waals surface area contributed by atoms with Crippen LogP contribution in [0.2, 0.25) is 0 Å². The van der Waals surface area contributed by atoms with Gasteiger partial charge in [0.25, 0.3) is 5.91 Å². The predicted octanol–water partition coefficient (Wildman–Crippen LogP) is 5.18. The molecule has 4 rings (SSSR count). The van der Waals surface area contributed by atoms with Crippen LogP contribution in [0.3, 0.4) is 0 Å². The summed E-state index contributed by atoms with van der Waals surface area (Å²) in [4.78, 5) is 19.1. The fraction of sp³-hybridized carbons (Fsp3) is 0.417. The maximum absolute atomic E-state index is 12.1. The van der Waals surface area contributed by atoms with Gasteiger partial charge in [-0.2, -0.15) is 0 Å². The first kappa shape index (κ1) is 21.7. The smallest absolute Gasteiger partial charge is 0.267 e. The van der Waals surface area contributed by atoms with Gasteiger partial charge in [0.05, 0.1) is 17.4 Å². The number of aryl methyl sites for hydroxylation is 1. The average Bonchev–Trinajstić information content (AvgIpc) is 3.19. The van der Waals surface area contributed by atoms with Crippen LogP contribution in [-0.2, 0) is 6.54 Å². The van der Waals surface area contributed by atoms with Crippen LogP contribution >= 0.6 is 0 Å². The van der Waals surface area contributed by atoms with Gasteiger partial charge in [-0.3, -0.25) is 4.79 Å². The molecule has 1 fully saturated rings. The van der Waals surface area contributed by atoms with Crippen molar-refractivity contribution in [3.8, 4) is 0 Å². The third-order valence-corrected chi connectivity index (χ3v) is 5.42. The van der Waals surface area contributed by atoms with Crippen molar-refractivity contribution in [2.45, 2.75) is 46.6 Å². The number of nitrogens with one attached hydrogen (secondary N) is 2. The van der Waals surface area contributed by atoms with Gasteiger partial charge in [0.2, 0.25) is 0 Å². The zero-order valence-corrected chi connectivity index (χ0v) is 18.5. The second kappa shape index (κ2) is 10.1. The van der Waals surface area contributed by atoms with E-state index in [2.05, 4.69) is 32.7 Å². The molecule has 1 aliphatic rings. The van der Waals surface area contributed by atoms with E-state index >= 15 is 0 Å². The van der Waals surface area contributed by atoms with Crippen LogP contribution in [0.5, 0.6) is 0 Å². The molecule has 1 amide bonds. The molecule has 160 valence electrons. The highest BCUT2D eigenvalue weighted by molar-refractivity contribution is 5.99. The van der Waals surface area contributed by atoms with E-state index in [-0.39, 0.29) is 5.91 Å². The number of fused-ring (bicyclic) bond motifs is 1. The summed E-state index contributed by atoms with van der Waals surface area (Å²) in [5, 5.41) is 7.16. The maximum atomic E-state index is 12.1. The minimum atomic E-state index is -0.0671. The summed E-state index contributed by atoms with van der Waals surface area (Å²) in [7, 11) is 1.66. The van der Waals surface area contributed by atoms with Crippen LogP contribution in [-0.4, -0.2) is 35.6 Å². The Balaban J connectivity index is 0.00000124. The minimum absolute atomic E-state index is 0.0671. The van der Waals surface area contributed by atoms with Crippen molar-refractivity contribution in [2.75, 3.05) is 30.4 Å². The second-order valence-corrected chi connectivity index (χ2v) is 7.20. The predicted molar refractivity (Wildman–Crippen MR) is 126 cm³/mol. The van der Waals surface area contributed by atoms with Gasteiger partial charge < -0.3 is 20.1 Å². The Morgan fingerprint density at radius 2 is 1.83 bits per heavy atom. The molecule has 0 unspecified atom stereocenters. The van der Waals surface area contributed by atoms with Gasteiger partial charge in [0, 0.05) is 37.8 Å². The quantitative estimate of drug-likeness (QED) is 0.612. The van der Waals surface area contributed by atoms with E-state index in [1.165, 1.54) is 24.9 Å². The van der Waals surface area contributed by atoms with Crippen LogP contribution < -0.4 is 15.5 Å². The molecule has 3 heterocycles. The highest BCUT2D eigenvalue weighted by atomic mass is 16.1. The lowest BCUT2D eigenvalue weighted by Gasteiger charge is -2.28.